The summed E-state index contributed by atoms with van der Waals surface area (Å²) in [6, 6.07) is 0. The van der Waals surface area contributed by atoms with E-state index < -0.39 is 0 Å². The average molecular weight is 175 g/mol. The van der Waals surface area contributed by atoms with Crippen molar-refractivity contribution in [3.05, 3.63) is 12.3 Å². The number of hydrogen-bond donors (Lipinski definition) is 2. The van der Waals surface area contributed by atoms with Gasteiger partial charge in [-0.3, -0.25) is 0 Å². The number of aliphatic hydroxyl groups is 1. The molecule has 0 aliphatic rings. The predicted octanol–water partition coefficient (Wildman–Crippen LogP) is -0.255. The van der Waals surface area contributed by atoms with Gasteiger partial charge in [0.05, 0.1) is 33.0 Å². The third kappa shape index (κ3) is 7.53. The fraction of sp³-hybridized carbons (Fsp3) is 0.750. The van der Waals surface area contributed by atoms with Gasteiger partial charge in [-0.2, -0.15) is 0 Å². The number of ether oxygens (including phenoxy) is 2. The standard InChI is InChI=1S/C8H17NO3/c1-8(9-2)7-12-6-5-11-4-3-10/h9-10H,1,3-7H2,2H3. The lowest BCUT2D eigenvalue weighted by molar-refractivity contribution is 0.0388. The number of hydrogen-bond acceptors (Lipinski definition) is 4. The molecule has 0 aromatic carbocycles. The van der Waals surface area contributed by atoms with Gasteiger partial charge >= 0.3 is 0 Å². The summed E-state index contributed by atoms with van der Waals surface area (Å²) in [6.07, 6.45) is 0. The number of nitrogens with one attached hydrogen (secondary N) is 1. The molecule has 4 nitrogen and oxygen atoms in total. The highest BCUT2D eigenvalue weighted by Gasteiger charge is 1.90. The zero-order chi connectivity index (χ0) is 9.23. The largest absolute Gasteiger partial charge is 0.394 e. The minimum atomic E-state index is 0.0588. The molecule has 0 heterocycles. The Balaban J connectivity index is 2.95. The summed E-state index contributed by atoms with van der Waals surface area (Å²) in [5.74, 6) is 0. The van der Waals surface area contributed by atoms with Gasteiger partial charge < -0.3 is 19.9 Å². The Bertz CT molecular complexity index is 117. The van der Waals surface area contributed by atoms with Crippen molar-refractivity contribution in [3.8, 4) is 0 Å². The lowest BCUT2D eigenvalue weighted by Crippen LogP contribution is -2.13. The monoisotopic (exact) mass is 175 g/mol. The Labute approximate surface area is 73.2 Å². The van der Waals surface area contributed by atoms with E-state index in [2.05, 4.69) is 11.9 Å². The van der Waals surface area contributed by atoms with Gasteiger partial charge in [0.25, 0.3) is 0 Å². The van der Waals surface area contributed by atoms with E-state index in [1.54, 1.807) is 7.05 Å². The van der Waals surface area contributed by atoms with Crippen molar-refractivity contribution in [2.24, 2.45) is 0 Å². The molecule has 0 unspecified atom stereocenters. The lowest BCUT2D eigenvalue weighted by Gasteiger charge is -2.06. The molecule has 72 valence electrons. The third-order valence-electron chi connectivity index (χ3n) is 1.24. The van der Waals surface area contributed by atoms with Gasteiger partial charge in [0.15, 0.2) is 0 Å². The first-order valence-electron chi connectivity index (χ1n) is 3.93. The molecule has 0 aromatic rings. The van der Waals surface area contributed by atoms with Gasteiger partial charge in [-0.1, -0.05) is 6.58 Å². The first kappa shape index (κ1) is 11.4. The molecule has 0 radical (unpaired) electrons. The van der Waals surface area contributed by atoms with Crippen LogP contribution in [0, 0.1) is 0 Å². The number of aliphatic hydroxyl groups excluding tert-OH is 1. The predicted molar refractivity (Wildman–Crippen MR) is 46.9 cm³/mol. The molecule has 2 N–H and O–H groups in total. The van der Waals surface area contributed by atoms with Crippen molar-refractivity contribution in [2.75, 3.05) is 40.1 Å². The highest BCUT2D eigenvalue weighted by atomic mass is 16.5. The van der Waals surface area contributed by atoms with Crippen LogP contribution in [0.4, 0.5) is 0 Å². The summed E-state index contributed by atoms with van der Waals surface area (Å²) in [7, 11) is 1.80. The Hall–Kier alpha value is -0.580. The van der Waals surface area contributed by atoms with Crippen molar-refractivity contribution in [1.82, 2.24) is 5.32 Å². The molecule has 0 aliphatic heterocycles. The van der Waals surface area contributed by atoms with Gasteiger partial charge in [-0.25, -0.2) is 0 Å². The normalized spacial score (nSPS) is 9.83. The minimum absolute atomic E-state index is 0.0588. The maximum Gasteiger partial charge on any atom is 0.0857 e. The van der Waals surface area contributed by atoms with Crippen molar-refractivity contribution in [3.63, 3.8) is 0 Å². The van der Waals surface area contributed by atoms with E-state index in [1.807, 2.05) is 0 Å². The molecular formula is C8H17NO3. The minimum Gasteiger partial charge on any atom is -0.394 e. The van der Waals surface area contributed by atoms with Crippen molar-refractivity contribution in [1.29, 1.82) is 0 Å². The van der Waals surface area contributed by atoms with Crippen LogP contribution in [-0.4, -0.2) is 45.2 Å². The maximum absolute atomic E-state index is 8.36. The SMILES string of the molecule is C=C(COCCOCCO)NC. The Kier molecular flexibility index (Phi) is 8.10. The van der Waals surface area contributed by atoms with Crippen LogP contribution in [0.1, 0.15) is 0 Å². The van der Waals surface area contributed by atoms with Gasteiger partial charge in [0.1, 0.15) is 0 Å². The Morgan fingerprint density at radius 3 is 2.58 bits per heavy atom. The van der Waals surface area contributed by atoms with Crippen LogP contribution in [0.25, 0.3) is 0 Å². The van der Waals surface area contributed by atoms with E-state index in [4.69, 9.17) is 14.6 Å². The Morgan fingerprint density at radius 2 is 2.00 bits per heavy atom. The third-order valence-corrected chi connectivity index (χ3v) is 1.24. The molecular weight excluding hydrogens is 158 g/mol. The molecule has 0 bridgehead atoms. The summed E-state index contributed by atoms with van der Waals surface area (Å²) in [4.78, 5) is 0. The van der Waals surface area contributed by atoms with Gasteiger partial charge in [0.2, 0.25) is 0 Å². The van der Waals surface area contributed by atoms with Crippen LogP contribution in [0.15, 0.2) is 12.3 Å². The van der Waals surface area contributed by atoms with Crippen LogP contribution in [0.5, 0.6) is 0 Å². The second-order valence-corrected chi connectivity index (χ2v) is 2.24. The quantitative estimate of drug-likeness (QED) is 0.499. The molecule has 0 aliphatic carbocycles. The molecule has 0 fully saturated rings. The highest BCUT2D eigenvalue weighted by molar-refractivity contribution is 4.88. The summed E-state index contributed by atoms with van der Waals surface area (Å²) < 4.78 is 10.1. The highest BCUT2D eigenvalue weighted by Crippen LogP contribution is 1.84. The van der Waals surface area contributed by atoms with E-state index in [9.17, 15) is 0 Å². The molecule has 0 atom stereocenters. The first-order chi connectivity index (χ1) is 5.81. The van der Waals surface area contributed by atoms with Crippen molar-refractivity contribution < 1.29 is 14.6 Å². The van der Waals surface area contributed by atoms with E-state index in [0.717, 1.165) is 5.70 Å². The van der Waals surface area contributed by atoms with E-state index >= 15 is 0 Å². The average Bonchev–Trinajstić information content (AvgIpc) is 2.10. The molecule has 0 saturated heterocycles. The van der Waals surface area contributed by atoms with Crippen LogP contribution >= 0.6 is 0 Å². The molecule has 0 aromatic heterocycles. The first-order valence-corrected chi connectivity index (χ1v) is 3.93. The fourth-order valence-electron chi connectivity index (χ4n) is 0.552. The zero-order valence-electron chi connectivity index (χ0n) is 7.51. The van der Waals surface area contributed by atoms with E-state index in [1.165, 1.54) is 0 Å². The van der Waals surface area contributed by atoms with Crippen molar-refractivity contribution in [2.45, 2.75) is 0 Å². The summed E-state index contributed by atoms with van der Waals surface area (Å²) in [5.41, 5.74) is 0.845. The number of rotatable bonds is 8. The van der Waals surface area contributed by atoms with Gasteiger partial charge in [-0.15, -0.1) is 0 Å². The molecule has 0 rings (SSSR count). The van der Waals surface area contributed by atoms with Crippen molar-refractivity contribution >= 4 is 0 Å². The molecule has 0 amide bonds. The van der Waals surface area contributed by atoms with Crippen LogP contribution < -0.4 is 5.32 Å². The maximum atomic E-state index is 8.36. The molecule has 0 spiro atoms. The summed E-state index contributed by atoms with van der Waals surface area (Å²) in [5, 5.41) is 11.2. The van der Waals surface area contributed by atoms with Crippen LogP contribution in [0.2, 0.25) is 0 Å². The topological polar surface area (TPSA) is 50.7 Å². The second kappa shape index (κ2) is 8.52. The lowest BCUT2D eigenvalue weighted by atomic mass is 10.5. The molecule has 12 heavy (non-hydrogen) atoms. The number of likely N-dealkylation sites (N-methyl/N-ethyl adjacent to an activating group) is 1. The van der Waals surface area contributed by atoms with Gasteiger partial charge in [0, 0.05) is 12.7 Å². The Morgan fingerprint density at radius 1 is 1.33 bits per heavy atom. The van der Waals surface area contributed by atoms with E-state index in [-0.39, 0.29) is 6.61 Å². The summed E-state index contributed by atoms with van der Waals surface area (Å²) in [6.45, 7) is 5.66. The van der Waals surface area contributed by atoms with Crippen LogP contribution in [-0.2, 0) is 9.47 Å². The fourth-order valence-corrected chi connectivity index (χ4v) is 0.552. The van der Waals surface area contributed by atoms with E-state index in [0.29, 0.717) is 26.4 Å². The van der Waals surface area contributed by atoms with Gasteiger partial charge in [-0.05, 0) is 0 Å². The molecule has 4 heteroatoms. The van der Waals surface area contributed by atoms with Crippen LogP contribution in [0.3, 0.4) is 0 Å². The summed E-state index contributed by atoms with van der Waals surface area (Å²) >= 11 is 0. The smallest absolute Gasteiger partial charge is 0.0857 e. The second-order valence-electron chi connectivity index (χ2n) is 2.24. The zero-order valence-corrected chi connectivity index (χ0v) is 7.51. The molecule has 0 saturated carbocycles.